The molecule has 0 aromatic rings. The molecule has 0 aromatic heterocycles. The van der Waals surface area contributed by atoms with Gasteiger partial charge in [-0.05, 0) is 6.42 Å². The highest BCUT2D eigenvalue weighted by Gasteiger charge is 1.95. The molecule has 2 heteroatoms. The van der Waals surface area contributed by atoms with E-state index in [4.69, 9.17) is 5.11 Å². The van der Waals surface area contributed by atoms with Gasteiger partial charge in [-0.3, -0.25) is 0 Å². The zero-order valence-corrected chi connectivity index (χ0v) is 9.51. The summed E-state index contributed by atoms with van der Waals surface area (Å²) in [4.78, 5) is 0. The molecule has 11 heavy (non-hydrogen) atoms. The van der Waals surface area contributed by atoms with E-state index in [0.29, 0.717) is 0 Å². The summed E-state index contributed by atoms with van der Waals surface area (Å²) in [7, 11) is 0. The minimum absolute atomic E-state index is 0.126. The molecule has 1 nitrogen and oxygen atoms in total. The average Bonchev–Trinajstić information content (AvgIpc) is 1.96. The van der Waals surface area contributed by atoms with Gasteiger partial charge in [-0.2, -0.15) is 0 Å². The van der Waals surface area contributed by atoms with Crippen molar-refractivity contribution in [3.8, 4) is 0 Å². The second-order valence-corrected chi connectivity index (χ2v) is 4.43. The molecule has 0 aliphatic carbocycles. The fourth-order valence-electron chi connectivity index (χ4n) is 1.09. The molecule has 0 radical (unpaired) electrons. The fraction of sp³-hybridized carbons (Fsp3) is 1.00. The SMILES string of the molecule is CCCCCCCCC(O)I. The topological polar surface area (TPSA) is 20.2 Å². The van der Waals surface area contributed by atoms with Gasteiger partial charge in [0.15, 0.2) is 0 Å². The number of rotatable bonds is 7. The number of hydrogen-bond acceptors (Lipinski definition) is 1. The smallest absolute Gasteiger partial charge is 0.105 e. The van der Waals surface area contributed by atoms with Crippen LogP contribution >= 0.6 is 22.6 Å². The van der Waals surface area contributed by atoms with Gasteiger partial charge in [0.25, 0.3) is 0 Å². The lowest BCUT2D eigenvalue weighted by atomic mass is 10.1. The van der Waals surface area contributed by atoms with Crippen molar-refractivity contribution in [2.24, 2.45) is 0 Å². The van der Waals surface area contributed by atoms with E-state index in [9.17, 15) is 0 Å². The summed E-state index contributed by atoms with van der Waals surface area (Å²) in [6.45, 7) is 2.23. The number of aliphatic hydroxyl groups is 1. The maximum absolute atomic E-state index is 8.94. The van der Waals surface area contributed by atoms with E-state index in [0.717, 1.165) is 6.42 Å². The Labute approximate surface area is 83.7 Å². The quantitative estimate of drug-likeness (QED) is 0.426. The van der Waals surface area contributed by atoms with Gasteiger partial charge in [-0.15, -0.1) is 0 Å². The maximum atomic E-state index is 8.94. The van der Waals surface area contributed by atoms with Gasteiger partial charge >= 0.3 is 0 Å². The first-order chi connectivity index (χ1) is 5.27. The Morgan fingerprint density at radius 2 is 1.64 bits per heavy atom. The Morgan fingerprint density at radius 1 is 1.09 bits per heavy atom. The number of unbranched alkanes of at least 4 members (excludes halogenated alkanes) is 5. The molecule has 0 rings (SSSR count). The molecule has 0 saturated heterocycles. The second-order valence-electron chi connectivity index (χ2n) is 2.99. The molecule has 0 aliphatic rings. The first-order valence-electron chi connectivity index (χ1n) is 4.59. The van der Waals surface area contributed by atoms with Crippen molar-refractivity contribution in [2.45, 2.75) is 56.0 Å². The average molecular weight is 270 g/mol. The van der Waals surface area contributed by atoms with Gasteiger partial charge in [-0.1, -0.05) is 68.0 Å². The van der Waals surface area contributed by atoms with Crippen LogP contribution in [-0.2, 0) is 0 Å². The second kappa shape index (κ2) is 8.78. The fourth-order valence-corrected chi connectivity index (χ4v) is 1.53. The van der Waals surface area contributed by atoms with Crippen LogP contribution in [-0.4, -0.2) is 9.22 Å². The van der Waals surface area contributed by atoms with E-state index in [1.807, 2.05) is 0 Å². The van der Waals surface area contributed by atoms with Crippen molar-refractivity contribution in [2.75, 3.05) is 0 Å². The van der Waals surface area contributed by atoms with E-state index in [1.54, 1.807) is 0 Å². The predicted molar refractivity (Wildman–Crippen MR) is 58.0 cm³/mol. The van der Waals surface area contributed by atoms with E-state index >= 15 is 0 Å². The van der Waals surface area contributed by atoms with Crippen molar-refractivity contribution in [3.63, 3.8) is 0 Å². The summed E-state index contributed by atoms with van der Waals surface area (Å²) in [5.41, 5.74) is 0. The first-order valence-corrected chi connectivity index (χ1v) is 5.84. The lowest BCUT2D eigenvalue weighted by molar-refractivity contribution is 0.263. The van der Waals surface area contributed by atoms with Gasteiger partial charge in [0.1, 0.15) is 4.11 Å². The molecule has 68 valence electrons. The summed E-state index contributed by atoms with van der Waals surface area (Å²) in [5.74, 6) is 0. The van der Waals surface area contributed by atoms with Crippen LogP contribution in [0.15, 0.2) is 0 Å². The third-order valence-electron chi connectivity index (χ3n) is 1.80. The Hall–Kier alpha value is 0.690. The number of alkyl halides is 1. The Bertz CT molecular complexity index is 74.0. The van der Waals surface area contributed by atoms with E-state index in [2.05, 4.69) is 29.5 Å². The molecule has 0 amide bonds. The summed E-state index contributed by atoms with van der Waals surface area (Å²) in [5, 5.41) is 8.94. The predicted octanol–water partition coefficient (Wildman–Crippen LogP) is 3.49. The van der Waals surface area contributed by atoms with E-state index < -0.39 is 0 Å². The van der Waals surface area contributed by atoms with Crippen LogP contribution in [0.3, 0.4) is 0 Å². The Morgan fingerprint density at radius 3 is 2.18 bits per heavy atom. The maximum Gasteiger partial charge on any atom is 0.105 e. The molecule has 1 unspecified atom stereocenters. The standard InChI is InChI=1S/C9H19IO/c1-2-3-4-5-6-7-8-9(10)11/h9,11H,2-8H2,1H3. The van der Waals surface area contributed by atoms with Gasteiger partial charge in [0.05, 0.1) is 0 Å². The van der Waals surface area contributed by atoms with Crippen LogP contribution in [0.2, 0.25) is 0 Å². The number of hydrogen-bond donors (Lipinski definition) is 1. The highest BCUT2D eigenvalue weighted by Crippen LogP contribution is 2.10. The van der Waals surface area contributed by atoms with Crippen LogP contribution in [0, 0.1) is 0 Å². The van der Waals surface area contributed by atoms with E-state index in [1.165, 1.54) is 38.5 Å². The van der Waals surface area contributed by atoms with Gasteiger partial charge in [-0.25, -0.2) is 0 Å². The monoisotopic (exact) mass is 270 g/mol. The van der Waals surface area contributed by atoms with Crippen LogP contribution in [0.5, 0.6) is 0 Å². The summed E-state index contributed by atoms with van der Waals surface area (Å²) < 4.78 is -0.126. The van der Waals surface area contributed by atoms with Gasteiger partial charge in [0, 0.05) is 0 Å². The lowest BCUT2D eigenvalue weighted by Crippen LogP contribution is -1.93. The molecular formula is C9H19IO. The van der Waals surface area contributed by atoms with Crippen LogP contribution in [0.25, 0.3) is 0 Å². The third-order valence-corrected chi connectivity index (χ3v) is 2.42. The largest absolute Gasteiger partial charge is 0.383 e. The molecule has 0 aliphatic heterocycles. The molecule has 0 heterocycles. The minimum atomic E-state index is -0.126. The number of halogens is 1. The third kappa shape index (κ3) is 10.7. The Balaban J connectivity index is 2.80. The molecule has 0 spiro atoms. The van der Waals surface area contributed by atoms with Crippen LogP contribution in [0.4, 0.5) is 0 Å². The minimum Gasteiger partial charge on any atom is -0.383 e. The summed E-state index contributed by atoms with van der Waals surface area (Å²) in [6, 6.07) is 0. The summed E-state index contributed by atoms with van der Waals surface area (Å²) >= 11 is 2.07. The first kappa shape index (κ1) is 11.7. The Kier molecular flexibility index (Phi) is 9.33. The highest BCUT2D eigenvalue weighted by molar-refractivity contribution is 14.1. The van der Waals surface area contributed by atoms with Crippen LogP contribution in [0.1, 0.15) is 51.9 Å². The summed E-state index contributed by atoms with van der Waals surface area (Å²) in [6.07, 6.45) is 8.84. The molecule has 0 fully saturated rings. The highest BCUT2D eigenvalue weighted by atomic mass is 127. The molecule has 0 bridgehead atoms. The van der Waals surface area contributed by atoms with Gasteiger partial charge in [0.2, 0.25) is 0 Å². The zero-order chi connectivity index (χ0) is 8.53. The number of aliphatic hydroxyl groups excluding tert-OH is 1. The normalized spacial score (nSPS) is 13.4. The molecule has 1 N–H and O–H groups in total. The van der Waals surface area contributed by atoms with Crippen LogP contribution < -0.4 is 0 Å². The van der Waals surface area contributed by atoms with Crippen molar-refractivity contribution in [1.29, 1.82) is 0 Å². The van der Waals surface area contributed by atoms with Crippen molar-refractivity contribution in [1.82, 2.24) is 0 Å². The van der Waals surface area contributed by atoms with Gasteiger partial charge < -0.3 is 5.11 Å². The van der Waals surface area contributed by atoms with Crippen molar-refractivity contribution >= 4 is 22.6 Å². The molecule has 0 saturated carbocycles. The molecular weight excluding hydrogens is 251 g/mol. The van der Waals surface area contributed by atoms with Crippen molar-refractivity contribution in [3.05, 3.63) is 0 Å². The zero-order valence-electron chi connectivity index (χ0n) is 7.35. The lowest BCUT2D eigenvalue weighted by Gasteiger charge is -2.01. The van der Waals surface area contributed by atoms with Crippen molar-refractivity contribution < 1.29 is 5.11 Å². The molecule has 0 aromatic carbocycles. The molecule has 1 atom stereocenters. The van der Waals surface area contributed by atoms with E-state index in [-0.39, 0.29) is 4.11 Å².